The van der Waals surface area contributed by atoms with Crippen LogP contribution in [0.4, 0.5) is 5.13 Å². The van der Waals surface area contributed by atoms with Crippen molar-refractivity contribution in [3.05, 3.63) is 5.82 Å². The molecule has 0 aromatic carbocycles. The molecule has 0 radical (unpaired) electrons. The van der Waals surface area contributed by atoms with Gasteiger partial charge in [-0.1, -0.05) is 20.8 Å². The molecule has 0 saturated carbocycles. The molecule has 0 aliphatic rings. The number of halogens is 1. The van der Waals surface area contributed by atoms with Crippen molar-refractivity contribution in [3.8, 4) is 0 Å². The molecule has 0 spiro atoms. The Morgan fingerprint density at radius 1 is 1.35 bits per heavy atom. The number of hydrogen-bond donors (Lipinski definition) is 0. The summed E-state index contributed by atoms with van der Waals surface area (Å²) in [7, 11) is 0. The first kappa shape index (κ1) is 14.7. The summed E-state index contributed by atoms with van der Waals surface area (Å²) < 4.78 is 4.45. The van der Waals surface area contributed by atoms with E-state index in [1.54, 1.807) is 0 Å². The molecule has 0 N–H and O–H groups in total. The molecule has 0 amide bonds. The Hall–Kier alpha value is -0.350. The van der Waals surface area contributed by atoms with Gasteiger partial charge >= 0.3 is 0 Å². The van der Waals surface area contributed by atoms with Gasteiger partial charge in [0.25, 0.3) is 0 Å². The summed E-state index contributed by atoms with van der Waals surface area (Å²) in [6.45, 7) is 11.7. The maximum absolute atomic E-state index is 5.76. The van der Waals surface area contributed by atoms with E-state index in [1.165, 1.54) is 11.5 Å². The smallest absolute Gasteiger partial charge is 0.205 e. The zero-order valence-electron chi connectivity index (χ0n) is 11.3. The van der Waals surface area contributed by atoms with Crippen LogP contribution in [0.2, 0.25) is 0 Å². The molecule has 1 heterocycles. The predicted octanol–water partition coefficient (Wildman–Crippen LogP) is 3.68. The quantitative estimate of drug-likeness (QED) is 0.768. The van der Waals surface area contributed by atoms with Gasteiger partial charge in [0.05, 0.1) is 0 Å². The fourth-order valence-electron chi connectivity index (χ4n) is 1.44. The van der Waals surface area contributed by atoms with Gasteiger partial charge in [0.1, 0.15) is 5.82 Å². The third-order valence-electron chi connectivity index (χ3n) is 2.49. The topological polar surface area (TPSA) is 29.0 Å². The highest BCUT2D eigenvalue weighted by Crippen LogP contribution is 2.26. The van der Waals surface area contributed by atoms with Crippen molar-refractivity contribution >= 4 is 28.3 Å². The van der Waals surface area contributed by atoms with E-state index < -0.39 is 0 Å². The second-order valence-electron chi connectivity index (χ2n) is 5.48. The minimum atomic E-state index is 0.0177. The van der Waals surface area contributed by atoms with Crippen LogP contribution < -0.4 is 4.90 Å². The van der Waals surface area contributed by atoms with Crippen LogP contribution in [-0.4, -0.2) is 27.8 Å². The average Bonchev–Trinajstić information content (AvgIpc) is 2.66. The number of aromatic nitrogens is 2. The molecule has 1 rings (SSSR count). The molecule has 3 nitrogen and oxygen atoms in total. The molecule has 0 bridgehead atoms. The van der Waals surface area contributed by atoms with Crippen molar-refractivity contribution in [1.29, 1.82) is 0 Å². The van der Waals surface area contributed by atoms with Gasteiger partial charge in [-0.25, -0.2) is 4.98 Å². The molecule has 17 heavy (non-hydrogen) atoms. The molecule has 5 heteroatoms. The van der Waals surface area contributed by atoms with Crippen LogP contribution in [0.25, 0.3) is 0 Å². The molecule has 0 aliphatic heterocycles. The van der Waals surface area contributed by atoms with Crippen molar-refractivity contribution in [3.63, 3.8) is 0 Å². The van der Waals surface area contributed by atoms with Gasteiger partial charge in [-0.05, 0) is 20.3 Å². The second kappa shape index (κ2) is 6.01. The van der Waals surface area contributed by atoms with Crippen molar-refractivity contribution in [1.82, 2.24) is 9.36 Å². The number of nitrogens with zero attached hydrogens (tertiary/aromatic N) is 3. The van der Waals surface area contributed by atoms with Crippen molar-refractivity contribution in [2.45, 2.75) is 52.5 Å². The van der Waals surface area contributed by atoms with E-state index >= 15 is 0 Å². The van der Waals surface area contributed by atoms with Gasteiger partial charge in [-0.15, -0.1) is 11.6 Å². The summed E-state index contributed by atoms with van der Waals surface area (Å²) >= 11 is 7.24. The van der Waals surface area contributed by atoms with Crippen LogP contribution in [0.5, 0.6) is 0 Å². The molecule has 1 aromatic heterocycles. The summed E-state index contributed by atoms with van der Waals surface area (Å²) in [6.07, 6.45) is 0.976. The normalized spacial score (nSPS) is 12.2. The SMILES string of the molecule is CC(C)N(CCCCl)c1nc(C(C)(C)C)ns1. The zero-order chi connectivity index (χ0) is 13.1. The standard InChI is InChI=1S/C12H22ClN3S/c1-9(2)16(8-6-7-13)11-14-10(15-17-11)12(3,4)5/h9H,6-8H2,1-5H3. The van der Waals surface area contributed by atoms with E-state index in [1.807, 2.05) is 0 Å². The first-order valence-corrected chi connectivity index (χ1v) is 7.34. The molecule has 0 saturated heterocycles. The van der Waals surface area contributed by atoms with Crippen LogP contribution in [0, 0.1) is 0 Å². The summed E-state index contributed by atoms with van der Waals surface area (Å²) in [5.41, 5.74) is 0.0177. The molecular weight excluding hydrogens is 254 g/mol. The molecule has 0 fully saturated rings. The van der Waals surface area contributed by atoms with Crippen LogP contribution in [0.15, 0.2) is 0 Å². The van der Waals surface area contributed by atoms with E-state index in [9.17, 15) is 0 Å². The van der Waals surface area contributed by atoms with E-state index in [0.29, 0.717) is 11.9 Å². The maximum atomic E-state index is 5.76. The summed E-state index contributed by atoms with van der Waals surface area (Å²) in [5, 5.41) is 1.01. The molecule has 1 aromatic rings. The van der Waals surface area contributed by atoms with Crippen LogP contribution in [0.1, 0.15) is 46.9 Å². The molecule has 98 valence electrons. The highest BCUT2D eigenvalue weighted by atomic mass is 35.5. The Labute approximate surface area is 113 Å². The predicted molar refractivity (Wildman–Crippen MR) is 76.4 cm³/mol. The highest BCUT2D eigenvalue weighted by molar-refractivity contribution is 7.09. The fraction of sp³-hybridized carbons (Fsp3) is 0.833. The largest absolute Gasteiger partial charge is 0.344 e. The fourth-order valence-corrected chi connectivity index (χ4v) is 2.58. The Morgan fingerprint density at radius 2 is 2.00 bits per heavy atom. The lowest BCUT2D eigenvalue weighted by Crippen LogP contribution is -2.32. The Morgan fingerprint density at radius 3 is 2.41 bits per heavy atom. The van der Waals surface area contributed by atoms with Crippen LogP contribution in [0.3, 0.4) is 0 Å². The lowest BCUT2D eigenvalue weighted by molar-refractivity contribution is 0.552. The monoisotopic (exact) mass is 275 g/mol. The molecular formula is C12H22ClN3S. The highest BCUT2D eigenvalue weighted by Gasteiger charge is 2.22. The van der Waals surface area contributed by atoms with Crippen molar-refractivity contribution in [2.24, 2.45) is 0 Å². The van der Waals surface area contributed by atoms with E-state index in [4.69, 9.17) is 11.6 Å². The van der Waals surface area contributed by atoms with E-state index in [2.05, 4.69) is 48.9 Å². The van der Waals surface area contributed by atoms with Crippen LogP contribution in [-0.2, 0) is 5.41 Å². The van der Waals surface area contributed by atoms with E-state index in [-0.39, 0.29) is 5.41 Å². The molecule has 0 atom stereocenters. The summed E-state index contributed by atoms with van der Waals surface area (Å²) in [5.74, 6) is 1.61. The number of anilines is 1. The van der Waals surface area contributed by atoms with Crippen LogP contribution >= 0.6 is 23.1 Å². The molecule has 0 unspecified atom stereocenters. The van der Waals surface area contributed by atoms with Gasteiger partial charge in [0.2, 0.25) is 5.13 Å². The van der Waals surface area contributed by atoms with Crippen molar-refractivity contribution < 1.29 is 0 Å². The Kier molecular flexibility index (Phi) is 5.20. The van der Waals surface area contributed by atoms with Gasteiger partial charge < -0.3 is 4.90 Å². The number of hydrogen-bond acceptors (Lipinski definition) is 4. The maximum Gasteiger partial charge on any atom is 0.205 e. The third-order valence-corrected chi connectivity index (χ3v) is 3.51. The lowest BCUT2D eigenvalue weighted by Gasteiger charge is -2.25. The molecule has 0 aliphatic carbocycles. The number of rotatable bonds is 5. The van der Waals surface area contributed by atoms with Gasteiger partial charge in [0.15, 0.2) is 0 Å². The summed E-state index contributed by atoms with van der Waals surface area (Å²) in [6, 6.07) is 0.430. The first-order valence-electron chi connectivity index (χ1n) is 6.03. The Balaban J connectivity index is 2.84. The van der Waals surface area contributed by atoms with Gasteiger partial charge in [-0.3, -0.25) is 0 Å². The third kappa shape index (κ3) is 4.11. The first-order chi connectivity index (χ1) is 7.86. The van der Waals surface area contributed by atoms with Gasteiger partial charge in [-0.2, -0.15) is 4.37 Å². The Bertz CT molecular complexity index is 344. The second-order valence-corrected chi connectivity index (χ2v) is 6.59. The summed E-state index contributed by atoms with van der Waals surface area (Å²) in [4.78, 5) is 6.92. The number of alkyl halides is 1. The minimum Gasteiger partial charge on any atom is -0.344 e. The minimum absolute atomic E-state index is 0.0177. The lowest BCUT2D eigenvalue weighted by atomic mass is 9.96. The van der Waals surface area contributed by atoms with Gasteiger partial charge in [0, 0.05) is 35.4 Å². The average molecular weight is 276 g/mol. The van der Waals surface area contributed by atoms with Crippen molar-refractivity contribution in [2.75, 3.05) is 17.3 Å². The zero-order valence-corrected chi connectivity index (χ0v) is 12.9. The van der Waals surface area contributed by atoms with E-state index in [0.717, 1.165) is 23.9 Å².